The minimum absolute atomic E-state index is 0.356. The summed E-state index contributed by atoms with van der Waals surface area (Å²) in [7, 11) is 1.77. The Morgan fingerprint density at radius 1 is 1.69 bits per heavy atom. The van der Waals surface area contributed by atoms with Crippen LogP contribution in [0.15, 0.2) is 5.38 Å². The van der Waals surface area contributed by atoms with E-state index in [0.29, 0.717) is 12.1 Å². The van der Waals surface area contributed by atoms with Gasteiger partial charge in [0, 0.05) is 24.7 Å². The molecule has 3 nitrogen and oxygen atoms in total. The number of hydrogen-bond acceptors (Lipinski definition) is 4. The Balaban J connectivity index is 2.03. The van der Waals surface area contributed by atoms with Crippen molar-refractivity contribution in [3.8, 4) is 0 Å². The van der Waals surface area contributed by atoms with Crippen molar-refractivity contribution in [2.75, 3.05) is 13.7 Å². The van der Waals surface area contributed by atoms with Crippen LogP contribution in [0.5, 0.6) is 0 Å². The Morgan fingerprint density at radius 3 is 3.08 bits per heavy atom. The van der Waals surface area contributed by atoms with Gasteiger partial charge in [0.1, 0.15) is 5.01 Å². The fraction of sp³-hybridized carbons (Fsp3) is 0.667. The molecule has 0 unspecified atom stereocenters. The van der Waals surface area contributed by atoms with Gasteiger partial charge in [-0.15, -0.1) is 11.3 Å². The van der Waals surface area contributed by atoms with E-state index in [1.807, 2.05) is 6.92 Å². The number of aromatic nitrogens is 1. The van der Waals surface area contributed by atoms with Crippen LogP contribution in [-0.4, -0.2) is 24.7 Å². The van der Waals surface area contributed by atoms with E-state index < -0.39 is 0 Å². The van der Waals surface area contributed by atoms with Crippen LogP contribution >= 0.6 is 11.3 Å². The maximum Gasteiger partial charge on any atom is 0.110 e. The second-order valence-corrected chi connectivity index (χ2v) is 4.27. The third-order valence-electron chi connectivity index (χ3n) is 2.36. The Hall–Kier alpha value is -0.450. The molecule has 1 aliphatic rings. The molecule has 1 aromatic heterocycles. The second kappa shape index (κ2) is 3.74. The van der Waals surface area contributed by atoms with E-state index in [0.717, 1.165) is 18.7 Å². The Kier molecular flexibility index (Phi) is 2.62. The smallest absolute Gasteiger partial charge is 0.110 e. The van der Waals surface area contributed by atoms with E-state index in [2.05, 4.69) is 15.7 Å². The second-order valence-electron chi connectivity index (χ2n) is 3.38. The summed E-state index contributed by atoms with van der Waals surface area (Å²) in [6.45, 7) is 2.97. The summed E-state index contributed by atoms with van der Waals surface area (Å²) in [4.78, 5) is 4.46. The van der Waals surface area contributed by atoms with Crippen molar-refractivity contribution in [3.05, 3.63) is 16.1 Å². The highest BCUT2D eigenvalue weighted by atomic mass is 32.1. The largest absolute Gasteiger partial charge is 0.380 e. The first-order valence-electron chi connectivity index (χ1n) is 4.48. The van der Waals surface area contributed by atoms with Crippen molar-refractivity contribution in [2.24, 2.45) is 0 Å². The standard InChI is InChI=1S/C9H14N2OS/c1-6-5-13-9(11-6)8-3-7(12-2)4-10-8/h5,7-8,10H,3-4H2,1-2H3/t7-,8-/m1/s1. The number of aryl methyl sites for hydroxylation is 1. The maximum atomic E-state index is 5.28. The number of rotatable bonds is 2. The maximum absolute atomic E-state index is 5.28. The lowest BCUT2D eigenvalue weighted by Gasteiger charge is -2.05. The number of nitrogens with zero attached hydrogens (tertiary/aromatic N) is 1. The van der Waals surface area contributed by atoms with Gasteiger partial charge in [-0.05, 0) is 13.3 Å². The van der Waals surface area contributed by atoms with Crippen molar-refractivity contribution in [1.82, 2.24) is 10.3 Å². The lowest BCUT2D eigenvalue weighted by molar-refractivity contribution is 0.117. The highest BCUT2D eigenvalue weighted by Crippen LogP contribution is 2.26. The molecule has 4 heteroatoms. The topological polar surface area (TPSA) is 34.1 Å². The zero-order valence-corrected chi connectivity index (χ0v) is 8.73. The molecule has 0 amide bonds. The highest BCUT2D eigenvalue weighted by molar-refractivity contribution is 7.09. The molecule has 2 atom stereocenters. The van der Waals surface area contributed by atoms with E-state index in [9.17, 15) is 0 Å². The summed E-state index contributed by atoms with van der Waals surface area (Å²) in [5.74, 6) is 0. The van der Waals surface area contributed by atoms with Crippen LogP contribution in [0.2, 0.25) is 0 Å². The van der Waals surface area contributed by atoms with Crippen molar-refractivity contribution < 1.29 is 4.74 Å². The summed E-state index contributed by atoms with van der Waals surface area (Å²) in [6, 6.07) is 0.406. The predicted octanol–water partition coefficient (Wildman–Crippen LogP) is 1.50. The lowest BCUT2D eigenvalue weighted by atomic mass is 10.2. The fourth-order valence-corrected chi connectivity index (χ4v) is 2.49. The third-order valence-corrected chi connectivity index (χ3v) is 3.43. The van der Waals surface area contributed by atoms with Crippen molar-refractivity contribution >= 4 is 11.3 Å². The molecule has 0 spiro atoms. The number of thiazole rings is 1. The molecule has 72 valence electrons. The van der Waals surface area contributed by atoms with Crippen molar-refractivity contribution in [1.29, 1.82) is 0 Å². The van der Waals surface area contributed by atoms with Crippen LogP contribution in [0.25, 0.3) is 0 Å². The van der Waals surface area contributed by atoms with Gasteiger partial charge in [-0.3, -0.25) is 0 Å². The Bertz CT molecular complexity index is 287. The molecule has 1 N–H and O–H groups in total. The lowest BCUT2D eigenvalue weighted by Crippen LogP contribution is -2.16. The monoisotopic (exact) mass is 198 g/mol. The first kappa shape index (κ1) is 9.12. The molecule has 2 rings (SSSR count). The predicted molar refractivity (Wildman–Crippen MR) is 53.0 cm³/mol. The van der Waals surface area contributed by atoms with Gasteiger partial charge in [-0.2, -0.15) is 0 Å². The van der Waals surface area contributed by atoms with Crippen LogP contribution < -0.4 is 5.32 Å². The molecule has 1 aromatic rings. The van der Waals surface area contributed by atoms with Crippen LogP contribution in [-0.2, 0) is 4.74 Å². The van der Waals surface area contributed by atoms with E-state index in [4.69, 9.17) is 4.74 Å². The zero-order valence-electron chi connectivity index (χ0n) is 7.91. The van der Waals surface area contributed by atoms with E-state index in [1.165, 1.54) is 5.01 Å². The van der Waals surface area contributed by atoms with E-state index in [-0.39, 0.29) is 0 Å². The molecule has 1 saturated heterocycles. The van der Waals surface area contributed by atoms with Crippen LogP contribution in [0.4, 0.5) is 0 Å². The molecule has 0 radical (unpaired) electrons. The first-order chi connectivity index (χ1) is 6.29. The van der Waals surface area contributed by atoms with Gasteiger partial charge in [-0.1, -0.05) is 0 Å². The Labute approximate surface area is 82.1 Å². The molecular formula is C9H14N2OS. The van der Waals surface area contributed by atoms with Gasteiger partial charge >= 0.3 is 0 Å². The van der Waals surface area contributed by atoms with Crippen LogP contribution in [0, 0.1) is 6.92 Å². The van der Waals surface area contributed by atoms with Crippen molar-refractivity contribution in [2.45, 2.75) is 25.5 Å². The van der Waals surface area contributed by atoms with Gasteiger partial charge < -0.3 is 10.1 Å². The molecule has 0 bridgehead atoms. The van der Waals surface area contributed by atoms with Gasteiger partial charge in [0.2, 0.25) is 0 Å². The summed E-state index contributed by atoms with van der Waals surface area (Å²) in [5, 5.41) is 6.70. The number of ether oxygens (including phenoxy) is 1. The number of methoxy groups -OCH3 is 1. The molecule has 1 fully saturated rings. The van der Waals surface area contributed by atoms with E-state index >= 15 is 0 Å². The van der Waals surface area contributed by atoms with Gasteiger partial charge in [0.25, 0.3) is 0 Å². The fourth-order valence-electron chi connectivity index (χ4n) is 1.60. The van der Waals surface area contributed by atoms with Crippen molar-refractivity contribution in [3.63, 3.8) is 0 Å². The molecule has 0 saturated carbocycles. The summed E-state index contributed by atoms with van der Waals surface area (Å²) >= 11 is 1.73. The summed E-state index contributed by atoms with van der Waals surface area (Å²) in [5.41, 5.74) is 1.11. The summed E-state index contributed by atoms with van der Waals surface area (Å²) < 4.78 is 5.28. The zero-order chi connectivity index (χ0) is 9.26. The number of hydrogen-bond donors (Lipinski definition) is 1. The van der Waals surface area contributed by atoms with Gasteiger partial charge in [0.15, 0.2) is 0 Å². The minimum atomic E-state index is 0.356. The van der Waals surface area contributed by atoms with Gasteiger partial charge in [-0.25, -0.2) is 4.98 Å². The molecule has 0 aromatic carbocycles. The summed E-state index contributed by atoms with van der Waals surface area (Å²) in [6.07, 6.45) is 1.40. The average Bonchev–Trinajstić information content (AvgIpc) is 2.71. The van der Waals surface area contributed by atoms with Crippen LogP contribution in [0.1, 0.15) is 23.2 Å². The number of nitrogens with one attached hydrogen (secondary N) is 1. The van der Waals surface area contributed by atoms with Gasteiger partial charge in [0.05, 0.1) is 12.1 Å². The van der Waals surface area contributed by atoms with Crippen LogP contribution in [0.3, 0.4) is 0 Å². The SMILES string of the molecule is CO[C@H]1CN[C@@H](c2nc(C)cs2)C1. The average molecular weight is 198 g/mol. The highest BCUT2D eigenvalue weighted by Gasteiger charge is 2.26. The first-order valence-corrected chi connectivity index (χ1v) is 5.35. The molecule has 13 heavy (non-hydrogen) atoms. The Morgan fingerprint density at radius 2 is 2.54 bits per heavy atom. The molecule has 1 aliphatic heterocycles. The van der Waals surface area contributed by atoms with E-state index in [1.54, 1.807) is 18.4 Å². The normalized spacial score (nSPS) is 28.2. The quantitative estimate of drug-likeness (QED) is 0.782. The molecule has 0 aliphatic carbocycles. The minimum Gasteiger partial charge on any atom is -0.380 e. The third kappa shape index (κ3) is 1.90. The molecule has 2 heterocycles. The molecular weight excluding hydrogens is 184 g/mol.